The molecule has 2 heteroatoms. The standard InChI is InChI=1S/C29H34O2/c1-18(27(30)31-7)20-8-9-22-17-23(11-10-21(22)16-20)24-12-13-25-26(19(24)2)29(5,6)15-14-28(25,3)4/h8-13,16-18H,14-15H2,1-7H3. The number of carbonyl (C=O) groups is 1. The highest BCUT2D eigenvalue weighted by Gasteiger charge is 2.38. The van der Waals surface area contributed by atoms with E-state index in [-0.39, 0.29) is 22.7 Å². The van der Waals surface area contributed by atoms with Gasteiger partial charge in [0, 0.05) is 0 Å². The molecule has 1 aliphatic rings. The van der Waals surface area contributed by atoms with E-state index >= 15 is 0 Å². The molecule has 0 saturated carbocycles. The average molecular weight is 415 g/mol. The molecule has 4 rings (SSSR count). The maximum absolute atomic E-state index is 11.9. The molecular weight excluding hydrogens is 380 g/mol. The van der Waals surface area contributed by atoms with Crippen LogP contribution in [0.2, 0.25) is 0 Å². The highest BCUT2D eigenvalue weighted by molar-refractivity contribution is 5.90. The van der Waals surface area contributed by atoms with Gasteiger partial charge >= 0.3 is 5.97 Å². The van der Waals surface area contributed by atoms with Gasteiger partial charge in [0.2, 0.25) is 0 Å². The van der Waals surface area contributed by atoms with Gasteiger partial charge < -0.3 is 4.74 Å². The summed E-state index contributed by atoms with van der Waals surface area (Å²) in [7, 11) is 1.44. The smallest absolute Gasteiger partial charge is 0.312 e. The summed E-state index contributed by atoms with van der Waals surface area (Å²) in [6.07, 6.45) is 2.45. The highest BCUT2D eigenvalue weighted by atomic mass is 16.5. The van der Waals surface area contributed by atoms with Crippen LogP contribution in [0.25, 0.3) is 21.9 Å². The summed E-state index contributed by atoms with van der Waals surface area (Å²) in [5, 5.41) is 2.34. The van der Waals surface area contributed by atoms with Crippen LogP contribution in [-0.2, 0) is 20.4 Å². The predicted molar refractivity (Wildman–Crippen MR) is 130 cm³/mol. The third-order valence-electron chi connectivity index (χ3n) is 7.48. The van der Waals surface area contributed by atoms with E-state index in [2.05, 4.69) is 77.1 Å². The fourth-order valence-electron chi connectivity index (χ4n) is 5.36. The number of methoxy groups -OCH3 is 1. The quantitative estimate of drug-likeness (QED) is 0.416. The van der Waals surface area contributed by atoms with Crippen molar-refractivity contribution in [3.63, 3.8) is 0 Å². The molecule has 0 saturated heterocycles. The van der Waals surface area contributed by atoms with Gasteiger partial charge in [-0.1, -0.05) is 70.2 Å². The van der Waals surface area contributed by atoms with Gasteiger partial charge in [-0.25, -0.2) is 0 Å². The second-order valence-electron chi connectivity index (χ2n) is 10.5. The van der Waals surface area contributed by atoms with Crippen molar-refractivity contribution in [2.75, 3.05) is 7.11 Å². The third-order valence-corrected chi connectivity index (χ3v) is 7.48. The van der Waals surface area contributed by atoms with Gasteiger partial charge in [0.25, 0.3) is 0 Å². The van der Waals surface area contributed by atoms with Gasteiger partial charge in [-0.3, -0.25) is 4.79 Å². The SMILES string of the molecule is COC(=O)C(C)c1ccc2cc(-c3ccc4c(c3C)C(C)(C)CCC4(C)C)ccc2c1. The Balaban J connectivity index is 1.80. The summed E-state index contributed by atoms with van der Waals surface area (Å²) in [6.45, 7) is 13.7. The first-order valence-corrected chi connectivity index (χ1v) is 11.3. The number of carbonyl (C=O) groups excluding carboxylic acids is 1. The van der Waals surface area contributed by atoms with E-state index < -0.39 is 0 Å². The van der Waals surface area contributed by atoms with Crippen molar-refractivity contribution in [3.8, 4) is 11.1 Å². The fraction of sp³-hybridized carbons (Fsp3) is 0.414. The van der Waals surface area contributed by atoms with Crippen molar-refractivity contribution in [2.45, 2.75) is 71.1 Å². The molecule has 0 amide bonds. The monoisotopic (exact) mass is 414 g/mol. The second-order valence-corrected chi connectivity index (χ2v) is 10.5. The number of hydrogen-bond donors (Lipinski definition) is 0. The van der Waals surface area contributed by atoms with Crippen molar-refractivity contribution >= 4 is 16.7 Å². The Morgan fingerprint density at radius 1 is 0.903 bits per heavy atom. The number of esters is 1. The zero-order chi connectivity index (χ0) is 22.6. The van der Waals surface area contributed by atoms with Crippen LogP contribution in [0.3, 0.4) is 0 Å². The minimum atomic E-state index is -0.262. The van der Waals surface area contributed by atoms with E-state index in [0.29, 0.717) is 0 Å². The number of fused-ring (bicyclic) bond motifs is 2. The van der Waals surface area contributed by atoms with Crippen LogP contribution in [0.1, 0.15) is 75.6 Å². The summed E-state index contributed by atoms with van der Waals surface area (Å²) in [6, 6.07) is 17.6. The summed E-state index contributed by atoms with van der Waals surface area (Å²) >= 11 is 0. The fourth-order valence-corrected chi connectivity index (χ4v) is 5.36. The van der Waals surface area contributed by atoms with Gasteiger partial charge in [0.15, 0.2) is 0 Å². The largest absolute Gasteiger partial charge is 0.469 e. The molecule has 0 heterocycles. The van der Waals surface area contributed by atoms with Crippen LogP contribution < -0.4 is 0 Å². The molecule has 1 aliphatic carbocycles. The number of hydrogen-bond acceptors (Lipinski definition) is 2. The van der Waals surface area contributed by atoms with Crippen molar-refractivity contribution in [2.24, 2.45) is 0 Å². The molecule has 3 aromatic carbocycles. The average Bonchev–Trinajstić information content (AvgIpc) is 2.75. The van der Waals surface area contributed by atoms with E-state index in [1.807, 2.05) is 13.0 Å². The van der Waals surface area contributed by atoms with E-state index in [1.165, 1.54) is 53.2 Å². The number of rotatable bonds is 3. The Morgan fingerprint density at radius 2 is 1.55 bits per heavy atom. The molecule has 3 aromatic rings. The topological polar surface area (TPSA) is 26.3 Å². The van der Waals surface area contributed by atoms with Crippen molar-refractivity contribution in [1.82, 2.24) is 0 Å². The molecule has 31 heavy (non-hydrogen) atoms. The molecule has 0 N–H and O–H groups in total. The Kier molecular flexibility index (Phi) is 5.24. The normalized spacial score (nSPS) is 17.8. The van der Waals surface area contributed by atoms with E-state index in [1.54, 1.807) is 0 Å². The van der Waals surface area contributed by atoms with Crippen LogP contribution in [0.15, 0.2) is 48.5 Å². The summed E-state index contributed by atoms with van der Waals surface area (Å²) < 4.78 is 4.91. The first-order valence-electron chi connectivity index (χ1n) is 11.3. The van der Waals surface area contributed by atoms with Crippen molar-refractivity contribution in [3.05, 3.63) is 70.8 Å². The summed E-state index contributed by atoms with van der Waals surface area (Å²) in [4.78, 5) is 11.9. The zero-order valence-corrected chi connectivity index (χ0v) is 19.9. The lowest BCUT2D eigenvalue weighted by atomic mass is 9.61. The molecule has 0 fully saturated rings. The molecule has 0 bridgehead atoms. The molecule has 0 radical (unpaired) electrons. The predicted octanol–water partition coefficient (Wildman–Crippen LogP) is 7.44. The first-order chi connectivity index (χ1) is 14.5. The van der Waals surface area contributed by atoms with Crippen LogP contribution in [-0.4, -0.2) is 13.1 Å². The molecule has 0 aromatic heterocycles. The van der Waals surface area contributed by atoms with Crippen molar-refractivity contribution < 1.29 is 9.53 Å². The Bertz CT molecular complexity index is 1170. The minimum absolute atomic E-state index is 0.195. The highest BCUT2D eigenvalue weighted by Crippen LogP contribution is 2.48. The third kappa shape index (κ3) is 3.67. The van der Waals surface area contributed by atoms with Gasteiger partial charge in [0.05, 0.1) is 13.0 Å². The molecule has 0 spiro atoms. The van der Waals surface area contributed by atoms with E-state index in [0.717, 1.165) is 10.9 Å². The number of benzene rings is 3. The van der Waals surface area contributed by atoms with Crippen LogP contribution in [0.5, 0.6) is 0 Å². The molecule has 2 nitrogen and oxygen atoms in total. The lowest BCUT2D eigenvalue weighted by Crippen LogP contribution is -2.34. The Morgan fingerprint density at radius 3 is 2.26 bits per heavy atom. The van der Waals surface area contributed by atoms with Crippen LogP contribution >= 0.6 is 0 Å². The molecule has 162 valence electrons. The number of ether oxygens (including phenoxy) is 1. The second kappa shape index (κ2) is 7.51. The van der Waals surface area contributed by atoms with Gasteiger partial charge in [-0.2, -0.15) is 0 Å². The van der Waals surface area contributed by atoms with Gasteiger partial charge in [0.1, 0.15) is 0 Å². The van der Waals surface area contributed by atoms with Gasteiger partial charge in [-0.05, 0) is 87.7 Å². The minimum Gasteiger partial charge on any atom is -0.469 e. The lowest BCUT2D eigenvalue weighted by Gasteiger charge is -2.43. The molecule has 1 unspecified atom stereocenters. The summed E-state index contributed by atoms with van der Waals surface area (Å²) in [5.41, 5.74) is 8.42. The molecule has 0 aliphatic heterocycles. The molecule has 1 atom stereocenters. The Hall–Kier alpha value is -2.61. The lowest BCUT2D eigenvalue weighted by molar-refractivity contribution is -0.141. The maximum Gasteiger partial charge on any atom is 0.312 e. The first kappa shape index (κ1) is 21.6. The van der Waals surface area contributed by atoms with Gasteiger partial charge in [-0.15, -0.1) is 0 Å². The van der Waals surface area contributed by atoms with Crippen LogP contribution in [0.4, 0.5) is 0 Å². The zero-order valence-electron chi connectivity index (χ0n) is 19.9. The van der Waals surface area contributed by atoms with Crippen molar-refractivity contribution in [1.29, 1.82) is 0 Å². The maximum atomic E-state index is 11.9. The van der Waals surface area contributed by atoms with E-state index in [4.69, 9.17) is 4.74 Å². The summed E-state index contributed by atoms with van der Waals surface area (Å²) in [5.74, 6) is -0.464. The van der Waals surface area contributed by atoms with Crippen LogP contribution in [0, 0.1) is 6.92 Å². The van der Waals surface area contributed by atoms with E-state index in [9.17, 15) is 4.79 Å². The Labute approximate surface area is 186 Å². The molecular formula is C29H34O2.